The van der Waals surface area contributed by atoms with Gasteiger partial charge in [-0.2, -0.15) is 0 Å². The number of carbonyl (C=O) groups is 3. The largest absolute Gasteiger partial charge is 0.497 e. The van der Waals surface area contributed by atoms with E-state index in [-0.39, 0.29) is 11.8 Å². The highest BCUT2D eigenvalue weighted by Crippen LogP contribution is 2.55. The summed E-state index contributed by atoms with van der Waals surface area (Å²) in [7, 11) is 8.96. The molecule has 3 N–H and O–H groups in total. The molecule has 1 aromatic carbocycles. The van der Waals surface area contributed by atoms with Gasteiger partial charge in [-0.1, -0.05) is 18.2 Å². The molecule has 0 saturated carbocycles. The van der Waals surface area contributed by atoms with Gasteiger partial charge in [0.2, 0.25) is 6.57 Å². The zero-order chi connectivity index (χ0) is 34.4. The van der Waals surface area contributed by atoms with Gasteiger partial charge in [-0.3, -0.25) is 19.4 Å². The van der Waals surface area contributed by atoms with Crippen molar-refractivity contribution < 1.29 is 23.6 Å². The molecule has 5 rings (SSSR count). The average Bonchev–Trinajstić information content (AvgIpc) is 3.72. The molecule has 1 aliphatic heterocycles. The fraction of sp³-hybridized carbons (Fsp3) is 0.273. The maximum atomic E-state index is 13.1. The number of amides is 3. The first-order valence-electron chi connectivity index (χ1n) is 15.2. The zero-order valence-electron chi connectivity index (χ0n) is 27.5. The summed E-state index contributed by atoms with van der Waals surface area (Å²) in [5.74, 6) is -0.277. The van der Waals surface area contributed by atoms with Gasteiger partial charge in [0.25, 0.3) is 17.7 Å². The fourth-order valence-corrected chi connectivity index (χ4v) is 7.71. The van der Waals surface area contributed by atoms with Crippen molar-refractivity contribution in [2.24, 2.45) is 14.1 Å². The minimum absolute atomic E-state index is 0.294. The van der Waals surface area contributed by atoms with Crippen molar-refractivity contribution in [2.45, 2.75) is 0 Å². The Kier molecular flexibility index (Phi) is 10.9. The van der Waals surface area contributed by atoms with E-state index in [9.17, 15) is 14.4 Å². The second kappa shape index (κ2) is 15.1. The quantitative estimate of drug-likeness (QED) is 0.147. The molecule has 4 heterocycles. The Balaban J connectivity index is 1.13. The molecule has 15 heteroatoms. The predicted octanol–water partition coefficient (Wildman–Crippen LogP) is 4.29. The molecule has 1 fully saturated rings. The van der Waals surface area contributed by atoms with Crippen molar-refractivity contribution in [3.63, 3.8) is 0 Å². The number of hydrogen-bond donors (Lipinski definition) is 3. The number of aryl methyl sites for hydroxylation is 2. The summed E-state index contributed by atoms with van der Waals surface area (Å²) in [6.45, 7) is 0.0897. The van der Waals surface area contributed by atoms with Crippen LogP contribution in [0.4, 0.5) is 11.4 Å². The smallest absolute Gasteiger partial charge is 0.272 e. The van der Waals surface area contributed by atoms with Crippen LogP contribution in [0.5, 0.6) is 5.75 Å². The topological polar surface area (TPSA) is 135 Å². The van der Waals surface area contributed by atoms with Gasteiger partial charge in [0.15, 0.2) is 0 Å². The van der Waals surface area contributed by atoms with Crippen LogP contribution in [-0.4, -0.2) is 88.6 Å². The van der Waals surface area contributed by atoms with E-state index in [0.29, 0.717) is 47.2 Å². The molecule has 0 aliphatic carbocycles. The van der Waals surface area contributed by atoms with Gasteiger partial charge in [0.1, 0.15) is 17.1 Å². The van der Waals surface area contributed by atoms with Crippen LogP contribution in [0.25, 0.3) is 12.2 Å². The lowest BCUT2D eigenvalue weighted by Crippen LogP contribution is -2.29. The molecule has 252 valence electrons. The number of aromatic nitrogens is 3. The molecule has 3 aromatic heterocycles. The van der Waals surface area contributed by atoms with Crippen LogP contribution in [0.2, 0.25) is 0 Å². The van der Waals surface area contributed by atoms with Crippen molar-refractivity contribution in [3.05, 3.63) is 95.3 Å². The van der Waals surface area contributed by atoms with E-state index < -0.39 is 12.5 Å². The third-order valence-corrected chi connectivity index (χ3v) is 12.5. The van der Waals surface area contributed by atoms with Crippen LogP contribution in [0, 0.1) is 0 Å². The zero-order valence-corrected chi connectivity index (χ0v) is 29.2. The van der Waals surface area contributed by atoms with E-state index in [4.69, 9.17) is 21.1 Å². The van der Waals surface area contributed by atoms with Gasteiger partial charge in [-0.25, -0.2) is 9.34 Å². The average molecular weight is 691 g/mol. The number of carbonyl (C=O) groups excluding carboxylic acids is 3. The van der Waals surface area contributed by atoms with E-state index in [1.165, 1.54) is 6.20 Å². The number of likely N-dealkylation sites (N-methyl/N-ethyl adjacent to an activating group) is 2. The first-order valence-corrected chi connectivity index (χ1v) is 17.8. The molecule has 1 aliphatic rings. The Labute approximate surface area is 284 Å². The maximum absolute atomic E-state index is 13.1. The van der Waals surface area contributed by atoms with E-state index in [0.717, 1.165) is 24.4 Å². The molecule has 0 unspecified atom stereocenters. The van der Waals surface area contributed by atoms with Crippen LogP contribution in [-0.2, 0) is 30.4 Å². The molecule has 1 saturated heterocycles. The lowest BCUT2D eigenvalue weighted by molar-refractivity contribution is 0.0937. The third kappa shape index (κ3) is 8.09. The summed E-state index contributed by atoms with van der Waals surface area (Å²) in [6.07, 6.45) is 8.58. The number of hydrogen-bond acceptors (Lipinski definition) is 7. The molecular formula is C33H39N8O5PS. The van der Waals surface area contributed by atoms with E-state index >= 15 is 0 Å². The molecule has 13 nitrogen and oxygen atoms in total. The number of rotatable bonds is 12. The molecule has 0 bridgehead atoms. The molecule has 4 aromatic rings. The molecule has 3 amide bonds. The first-order chi connectivity index (χ1) is 23.0. The minimum atomic E-state index is -2.21. The Morgan fingerprint density at radius 2 is 1.46 bits per heavy atom. The predicted molar refractivity (Wildman–Crippen MR) is 191 cm³/mol. The summed E-state index contributed by atoms with van der Waals surface area (Å²) in [5.41, 5.74) is 3.65. The number of ether oxygens (including phenoxy) is 1. The number of pyridine rings is 1. The Bertz CT molecular complexity index is 1860. The lowest BCUT2D eigenvalue weighted by Gasteiger charge is -2.28. The van der Waals surface area contributed by atoms with Crippen molar-refractivity contribution >= 4 is 59.6 Å². The van der Waals surface area contributed by atoms with Gasteiger partial charge in [-0.05, 0) is 73.9 Å². The SMILES string of the molecule is COc1ccc(/C=C/c2ccc(C(=O)Nc3cc(C(=O)Nc4cc(C(=O)NCCOP5(=S)N(C)CCN5C)n(C)c4)n(C)c3)cn2)cc1. The second-order valence-electron chi connectivity index (χ2n) is 11.3. The fourth-order valence-electron chi connectivity index (χ4n) is 5.07. The Hall–Kier alpha value is -4.59. The second-order valence-corrected chi connectivity index (χ2v) is 15.3. The Morgan fingerprint density at radius 3 is 2.04 bits per heavy atom. The number of nitrogens with zero attached hydrogens (tertiary/aromatic N) is 5. The summed E-state index contributed by atoms with van der Waals surface area (Å²) in [5, 5.41) is 8.50. The number of anilines is 2. The van der Waals surface area contributed by atoms with Crippen LogP contribution in [0.3, 0.4) is 0 Å². The first kappa shape index (κ1) is 34.7. The summed E-state index contributed by atoms with van der Waals surface area (Å²) >= 11 is 5.73. The standard InChI is InChI=1S/C33H39N8O5PS/c1-38-22-27(18-29(38)32(43)34-14-17-46-47(48)40(3)15-16-41(47)4)37-33(44)30-19-26(21-39(30)2)36-31(42)24-9-11-25(35-20-24)10-6-23-7-12-28(45-5)13-8-23/h6-13,18-22H,14-17H2,1-5H3,(H,34,43)(H,36,42)(H,37,44)/b10-6+. The summed E-state index contributed by atoms with van der Waals surface area (Å²) < 4.78 is 18.5. The van der Waals surface area contributed by atoms with Gasteiger partial charge in [0, 0.05) is 52.3 Å². The monoisotopic (exact) mass is 690 g/mol. The van der Waals surface area contributed by atoms with E-state index in [1.807, 2.05) is 50.5 Å². The summed E-state index contributed by atoms with van der Waals surface area (Å²) in [6, 6.07) is 14.3. The van der Waals surface area contributed by atoms with Crippen LogP contribution in [0.15, 0.2) is 67.1 Å². The molecule has 0 spiro atoms. The highest BCUT2D eigenvalue weighted by atomic mass is 32.5. The maximum Gasteiger partial charge on any atom is 0.272 e. The Morgan fingerprint density at radius 1 is 0.854 bits per heavy atom. The number of benzene rings is 1. The summed E-state index contributed by atoms with van der Waals surface area (Å²) in [4.78, 5) is 43.3. The molecular weight excluding hydrogens is 651 g/mol. The number of nitrogens with one attached hydrogen (secondary N) is 3. The van der Waals surface area contributed by atoms with Crippen molar-refractivity contribution in [2.75, 3.05) is 58.1 Å². The molecule has 0 radical (unpaired) electrons. The van der Waals surface area contributed by atoms with Gasteiger partial charge < -0.3 is 34.3 Å². The highest BCUT2D eigenvalue weighted by molar-refractivity contribution is 8.10. The van der Waals surface area contributed by atoms with E-state index in [2.05, 4.69) is 30.3 Å². The lowest BCUT2D eigenvalue weighted by atomic mass is 10.1. The third-order valence-electron chi connectivity index (χ3n) is 7.86. The van der Waals surface area contributed by atoms with Gasteiger partial charge >= 0.3 is 0 Å². The van der Waals surface area contributed by atoms with Crippen LogP contribution < -0.4 is 20.7 Å². The molecule has 0 atom stereocenters. The number of methoxy groups -OCH3 is 1. The van der Waals surface area contributed by atoms with Crippen molar-refractivity contribution in [3.8, 4) is 5.75 Å². The minimum Gasteiger partial charge on any atom is -0.497 e. The van der Waals surface area contributed by atoms with Crippen molar-refractivity contribution in [1.82, 2.24) is 28.8 Å². The normalized spacial score (nSPS) is 14.7. The van der Waals surface area contributed by atoms with Gasteiger partial charge in [-0.15, -0.1) is 0 Å². The molecule has 48 heavy (non-hydrogen) atoms. The van der Waals surface area contributed by atoms with E-state index in [1.54, 1.807) is 67.0 Å². The highest BCUT2D eigenvalue weighted by Gasteiger charge is 2.34. The van der Waals surface area contributed by atoms with Crippen LogP contribution in [0.1, 0.15) is 42.6 Å². The van der Waals surface area contributed by atoms with Crippen LogP contribution >= 0.6 is 6.57 Å². The van der Waals surface area contributed by atoms with Crippen molar-refractivity contribution in [1.29, 1.82) is 0 Å². The van der Waals surface area contributed by atoms with Gasteiger partial charge in [0.05, 0.1) is 36.3 Å².